The van der Waals surface area contributed by atoms with E-state index in [0.29, 0.717) is 17.2 Å². The summed E-state index contributed by atoms with van der Waals surface area (Å²) in [5.74, 6) is 1.72. The number of hydrogen-bond acceptors (Lipinski definition) is 4. The zero-order valence-electron chi connectivity index (χ0n) is 12.1. The first kappa shape index (κ1) is 15.3. The van der Waals surface area contributed by atoms with Gasteiger partial charge in [-0.25, -0.2) is 12.7 Å². The van der Waals surface area contributed by atoms with Crippen LogP contribution in [0.1, 0.15) is 0 Å². The van der Waals surface area contributed by atoms with Gasteiger partial charge in [0.15, 0.2) is 11.5 Å². The first-order valence-corrected chi connectivity index (χ1v) is 7.72. The molecule has 0 saturated carbocycles. The summed E-state index contributed by atoms with van der Waals surface area (Å²) < 4.78 is 36.0. The van der Waals surface area contributed by atoms with E-state index in [1.807, 2.05) is 12.1 Å². The van der Waals surface area contributed by atoms with Gasteiger partial charge in [0.2, 0.25) is 10.0 Å². The quantitative estimate of drug-likeness (QED) is 0.852. The second-order valence-corrected chi connectivity index (χ2v) is 6.66. The van der Waals surface area contributed by atoms with Crippen LogP contribution in [0.25, 0.3) is 0 Å². The minimum atomic E-state index is -3.43. The van der Waals surface area contributed by atoms with Crippen LogP contribution in [0.4, 0.5) is 0 Å². The number of methoxy groups -OCH3 is 1. The Hall–Kier alpha value is -2.05. The number of hydrogen-bond donors (Lipinski definition) is 0. The zero-order valence-corrected chi connectivity index (χ0v) is 12.9. The van der Waals surface area contributed by atoms with Crippen molar-refractivity contribution in [2.45, 2.75) is 4.90 Å². The van der Waals surface area contributed by atoms with Crippen LogP contribution in [-0.4, -0.2) is 33.9 Å². The van der Waals surface area contributed by atoms with Crippen molar-refractivity contribution >= 4 is 10.0 Å². The summed E-state index contributed by atoms with van der Waals surface area (Å²) in [5.41, 5.74) is 0. The van der Waals surface area contributed by atoms with E-state index in [0.717, 1.165) is 0 Å². The zero-order chi connectivity index (χ0) is 15.5. The van der Waals surface area contributed by atoms with Crippen LogP contribution in [0, 0.1) is 0 Å². The molecule has 0 radical (unpaired) electrons. The van der Waals surface area contributed by atoms with Gasteiger partial charge in [-0.1, -0.05) is 12.1 Å². The standard InChI is InChI=1S/C15H17NO4S/c1-16(2)21(17,18)13-10-8-12(9-11-13)20-15-7-5-4-6-14(15)19-3/h4-11H,1-3H3. The summed E-state index contributed by atoms with van der Waals surface area (Å²) in [6, 6.07) is 13.5. The van der Waals surface area contributed by atoms with Crippen LogP contribution in [-0.2, 0) is 10.0 Å². The fraction of sp³-hybridized carbons (Fsp3) is 0.200. The Morgan fingerprint density at radius 3 is 2.00 bits per heavy atom. The van der Waals surface area contributed by atoms with Gasteiger partial charge >= 0.3 is 0 Å². The van der Waals surface area contributed by atoms with Gasteiger partial charge in [-0.3, -0.25) is 0 Å². The Labute approximate surface area is 124 Å². The maximum Gasteiger partial charge on any atom is 0.242 e. The number of benzene rings is 2. The lowest BCUT2D eigenvalue weighted by molar-refractivity contribution is 0.379. The highest BCUT2D eigenvalue weighted by Crippen LogP contribution is 2.31. The van der Waals surface area contributed by atoms with Gasteiger partial charge in [-0.15, -0.1) is 0 Å². The monoisotopic (exact) mass is 307 g/mol. The molecule has 0 saturated heterocycles. The molecule has 6 heteroatoms. The van der Waals surface area contributed by atoms with Gasteiger partial charge in [0.1, 0.15) is 5.75 Å². The smallest absolute Gasteiger partial charge is 0.242 e. The molecule has 2 rings (SSSR count). The van der Waals surface area contributed by atoms with E-state index < -0.39 is 10.0 Å². The van der Waals surface area contributed by atoms with Gasteiger partial charge in [-0.05, 0) is 36.4 Å². The molecule has 0 aliphatic carbocycles. The first-order chi connectivity index (χ1) is 9.95. The Morgan fingerprint density at radius 2 is 1.48 bits per heavy atom. The third-order valence-corrected chi connectivity index (χ3v) is 4.73. The average Bonchev–Trinajstić information content (AvgIpc) is 2.48. The first-order valence-electron chi connectivity index (χ1n) is 6.28. The number of para-hydroxylation sites is 2. The van der Waals surface area contributed by atoms with Crippen molar-refractivity contribution in [1.82, 2.24) is 4.31 Å². The fourth-order valence-electron chi connectivity index (χ4n) is 1.72. The van der Waals surface area contributed by atoms with E-state index in [-0.39, 0.29) is 4.90 Å². The maximum atomic E-state index is 12.0. The van der Waals surface area contributed by atoms with Crippen molar-refractivity contribution in [2.24, 2.45) is 0 Å². The molecule has 0 spiro atoms. The Kier molecular flexibility index (Phi) is 4.50. The summed E-state index contributed by atoms with van der Waals surface area (Å²) in [5, 5.41) is 0. The van der Waals surface area contributed by atoms with Crippen molar-refractivity contribution in [3.8, 4) is 17.2 Å². The minimum Gasteiger partial charge on any atom is -0.493 e. The average molecular weight is 307 g/mol. The Bertz CT molecular complexity index is 709. The van der Waals surface area contributed by atoms with Gasteiger partial charge in [-0.2, -0.15) is 0 Å². The summed E-state index contributed by atoms with van der Waals surface area (Å²) in [7, 11) is 1.13. The summed E-state index contributed by atoms with van der Waals surface area (Å²) >= 11 is 0. The van der Waals surface area contributed by atoms with Crippen LogP contribution in [0.3, 0.4) is 0 Å². The van der Waals surface area contributed by atoms with E-state index in [1.165, 1.54) is 30.5 Å². The highest BCUT2D eigenvalue weighted by Gasteiger charge is 2.16. The normalized spacial score (nSPS) is 11.4. The molecule has 0 unspecified atom stereocenters. The SMILES string of the molecule is COc1ccccc1Oc1ccc(S(=O)(=O)N(C)C)cc1. The van der Waals surface area contributed by atoms with Crippen LogP contribution < -0.4 is 9.47 Å². The van der Waals surface area contributed by atoms with Crippen LogP contribution in [0.2, 0.25) is 0 Å². The van der Waals surface area contributed by atoms with Crippen molar-refractivity contribution in [1.29, 1.82) is 0 Å². The van der Waals surface area contributed by atoms with Gasteiger partial charge in [0.05, 0.1) is 12.0 Å². The van der Waals surface area contributed by atoms with Gasteiger partial charge < -0.3 is 9.47 Å². The lowest BCUT2D eigenvalue weighted by atomic mass is 10.3. The highest BCUT2D eigenvalue weighted by molar-refractivity contribution is 7.89. The molecular formula is C15H17NO4S. The van der Waals surface area contributed by atoms with E-state index in [1.54, 1.807) is 31.4 Å². The molecule has 0 atom stereocenters. The lowest BCUT2D eigenvalue weighted by Crippen LogP contribution is -2.22. The van der Waals surface area contributed by atoms with Crippen LogP contribution in [0.5, 0.6) is 17.2 Å². The second-order valence-electron chi connectivity index (χ2n) is 4.51. The predicted octanol–water partition coefficient (Wildman–Crippen LogP) is 2.74. The fourth-order valence-corrected chi connectivity index (χ4v) is 2.62. The second kappa shape index (κ2) is 6.15. The highest BCUT2D eigenvalue weighted by atomic mass is 32.2. The molecule has 0 amide bonds. The molecular weight excluding hydrogens is 290 g/mol. The van der Waals surface area contributed by atoms with Crippen molar-refractivity contribution in [2.75, 3.05) is 21.2 Å². The molecule has 2 aromatic rings. The molecule has 0 bridgehead atoms. The molecule has 2 aromatic carbocycles. The third-order valence-electron chi connectivity index (χ3n) is 2.90. The van der Waals surface area contributed by atoms with Gasteiger partial charge in [0.25, 0.3) is 0 Å². The van der Waals surface area contributed by atoms with Gasteiger partial charge in [0, 0.05) is 14.1 Å². The van der Waals surface area contributed by atoms with E-state index in [4.69, 9.17) is 9.47 Å². The van der Waals surface area contributed by atoms with Crippen molar-refractivity contribution < 1.29 is 17.9 Å². The largest absolute Gasteiger partial charge is 0.493 e. The van der Waals surface area contributed by atoms with Crippen LogP contribution >= 0.6 is 0 Å². The summed E-state index contributed by atoms with van der Waals surface area (Å²) in [6.07, 6.45) is 0. The van der Waals surface area contributed by atoms with E-state index >= 15 is 0 Å². The molecule has 21 heavy (non-hydrogen) atoms. The Morgan fingerprint density at radius 1 is 0.905 bits per heavy atom. The molecule has 0 heterocycles. The molecule has 112 valence electrons. The Balaban J connectivity index is 2.24. The van der Waals surface area contributed by atoms with E-state index in [9.17, 15) is 8.42 Å². The number of nitrogens with zero attached hydrogens (tertiary/aromatic N) is 1. The summed E-state index contributed by atoms with van der Waals surface area (Å²) in [6.45, 7) is 0. The van der Waals surface area contributed by atoms with Crippen molar-refractivity contribution in [3.63, 3.8) is 0 Å². The molecule has 0 aliphatic rings. The third kappa shape index (κ3) is 3.34. The minimum absolute atomic E-state index is 0.222. The molecule has 0 aromatic heterocycles. The lowest BCUT2D eigenvalue weighted by Gasteiger charge is -2.13. The van der Waals surface area contributed by atoms with Crippen molar-refractivity contribution in [3.05, 3.63) is 48.5 Å². The predicted molar refractivity (Wildman–Crippen MR) is 80.4 cm³/mol. The van der Waals surface area contributed by atoms with Crippen LogP contribution in [0.15, 0.2) is 53.4 Å². The topological polar surface area (TPSA) is 55.8 Å². The molecule has 5 nitrogen and oxygen atoms in total. The number of sulfonamides is 1. The molecule has 0 aliphatic heterocycles. The summed E-state index contributed by atoms with van der Waals surface area (Å²) in [4.78, 5) is 0.222. The molecule has 0 fully saturated rings. The van der Waals surface area contributed by atoms with E-state index in [2.05, 4.69) is 0 Å². The maximum absolute atomic E-state index is 12.0. The number of rotatable bonds is 5. The molecule has 0 N–H and O–H groups in total. The number of ether oxygens (including phenoxy) is 2.